The van der Waals surface area contributed by atoms with Gasteiger partial charge in [-0.3, -0.25) is 4.90 Å². The summed E-state index contributed by atoms with van der Waals surface area (Å²) in [5.74, 6) is 1.04. The quantitative estimate of drug-likeness (QED) is 0.760. The Hall–Kier alpha value is -1.06. The first kappa shape index (κ1) is 18.3. The lowest BCUT2D eigenvalue weighted by molar-refractivity contribution is -0.0686. The van der Waals surface area contributed by atoms with Crippen molar-refractivity contribution in [1.29, 1.82) is 0 Å². The van der Waals surface area contributed by atoms with Gasteiger partial charge in [-0.05, 0) is 49.8 Å². The minimum Gasteiger partial charge on any atom is -0.493 e. The van der Waals surface area contributed by atoms with Crippen LogP contribution in [0.1, 0.15) is 52.2 Å². The number of nitrogens with zero attached hydrogens (tertiary/aromatic N) is 1. The van der Waals surface area contributed by atoms with Crippen molar-refractivity contribution in [3.8, 4) is 5.75 Å². The average molecular weight is 319 g/mol. The van der Waals surface area contributed by atoms with Gasteiger partial charge in [0.2, 0.25) is 0 Å². The van der Waals surface area contributed by atoms with Crippen molar-refractivity contribution < 1.29 is 9.47 Å². The van der Waals surface area contributed by atoms with Crippen molar-refractivity contribution in [3.05, 3.63) is 29.3 Å². The zero-order valence-electron chi connectivity index (χ0n) is 15.7. The van der Waals surface area contributed by atoms with E-state index in [1.165, 1.54) is 11.1 Å². The van der Waals surface area contributed by atoms with E-state index in [9.17, 15) is 0 Å². The molecule has 0 unspecified atom stereocenters. The van der Waals surface area contributed by atoms with Crippen LogP contribution in [-0.4, -0.2) is 43.3 Å². The topological polar surface area (TPSA) is 21.7 Å². The van der Waals surface area contributed by atoms with Crippen molar-refractivity contribution in [3.63, 3.8) is 0 Å². The monoisotopic (exact) mass is 319 g/mol. The zero-order valence-corrected chi connectivity index (χ0v) is 15.7. The molecule has 1 heterocycles. The fraction of sp³-hybridized carbons (Fsp3) is 0.700. The molecule has 0 saturated carbocycles. The van der Waals surface area contributed by atoms with Gasteiger partial charge in [-0.1, -0.05) is 32.9 Å². The highest BCUT2D eigenvalue weighted by Crippen LogP contribution is 2.32. The summed E-state index contributed by atoms with van der Waals surface area (Å²) in [7, 11) is 0. The molecule has 1 saturated heterocycles. The first-order valence-electron chi connectivity index (χ1n) is 8.87. The van der Waals surface area contributed by atoms with Crippen LogP contribution in [0.2, 0.25) is 0 Å². The minimum absolute atomic E-state index is 0.109. The van der Waals surface area contributed by atoms with Gasteiger partial charge in [0, 0.05) is 19.6 Å². The number of hydrogen-bond donors (Lipinski definition) is 0. The Labute approximate surface area is 142 Å². The third-order valence-electron chi connectivity index (χ3n) is 4.32. The van der Waals surface area contributed by atoms with E-state index >= 15 is 0 Å². The lowest BCUT2D eigenvalue weighted by atomic mass is 9.86. The lowest BCUT2D eigenvalue weighted by Crippen LogP contribution is -2.45. The van der Waals surface area contributed by atoms with Crippen LogP contribution in [0.5, 0.6) is 5.75 Å². The normalized spacial score (nSPS) is 23.0. The maximum absolute atomic E-state index is 6.13. The van der Waals surface area contributed by atoms with Gasteiger partial charge in [-0.15, -0.1) is 0 Å². The molecular weight excluding hydrogens is 286 g/mol. The maximum Gasteiger partial charge on any atom is 0.123 e. The molecule has 3 heteroatoms. The average Bonchev–Trinajstić information content (AvgIpc) is 2.41. The van der Waals surface area contributed by atoms with Gasteiger partial charge in [-0.2, -0.15) is 0 Å². The number of hydrogen-bond acceptors (Lipinski definition) is 3. The van der Waals surface area contributed by atoms with E-state index in [1.807, 2.05) is 0 Å². The Morgan fingerprint density at radius 3 is 2.43 bits per heavy atom. The molecule has 2 atom stereocenters. The van der Waals surface area contributed by atoms with Crippen molar-refractivity contribution >= 4 is 0 Å². The largest absolute Gasteiger partial charge is 0.493 e. The van der Waals surface area contributed by atoms with E-state index in [1.54, 1.807) is 0 Å². The molecule has 1 fully saturated rings. The molecule has 1 aliphatic heterocycles. The van der Waals surface area contributed by atoms with Gasteiger partial charge < -0.3 is 9.47 Å². The number of morpholine rings is 1. The summed E-state index contributed by atoms with van der Waals surface area (Å²) < 4.78 is 11.9. The van der Waals surface area contributed by atoms with Gasteiger partial charge >= 0.3 is 0 Å². The summed E-state index contributed by atoms with van der Waals surface area (Å²) in [5.41, 5.74) is 2.65. The first-order valence-corrected chi connectivity index (χ1v) is 8.87. The maximum atomic E-state index is 6.13. The standard InChI is InChI=1S/C20H33NO2/c1-15-8-9-18(20(4,5)6)19(12-15)22-11-7-10-21-13-16(2)23-17(3)14-21/h8-9,12,16-17H,7,10-11,13-14H2,1-6H3/t16-,17+. The van der Waals surface area contributed by atoms with Crippen LogP contribution in [0.3, 0.4) is 0 Å². The highest BCUT2D eigenvalue weighted by atomic mass is 16.5. The Morgan fingerprint density at radius 1 is 1.17 bits per heavy atom. The highest BCUT2D eigenvalue weighted by molar-refractivity contribution is 5.41. The van der Waals surface area contributed by atoms with Crippen molar-refractivity contribution in [2.45, 2.75) is 65.6 Å². The summed E-state index contributed by atoms with van der Waals surface area (Å²) >= 11 is 0. The van der Waals surface area contributed by atoms with Gasteiger partial charge in [0.15, 0.2) is 0 Å². The molecule has 0 N–H and O–H groups in total. The number of ether oxygens (including phenoxy) is 2. The van der Waals surface area contributed by atoms with E-state index in [0.29, 0.717) is 12.2 Å². The van der Waals surface area contributed by atoms with Crippen LogP contribution in [-0.2, 0) is 10.2 Å². The predicted octanol–water partition coefficient (Wildman–Crippen LogP) is 4.17. The van der Waals surface area contributed by atoms with E-state index in [0.717, 1.165) is 38.4 Å². The van der Waals surface area contributed by atoms with Crippen molar-refractivity contribution in [1.82, 2.24) is 4.90 Å². The fourth-order valence-electron chi connectivity index (χ4n) is 3.31. The lowest BCUT2D eigenvalue weighted by Gasteiger charge is -2.35. The van der Waals surface area contributed by atoms with Crippen molar-refractivity contribution in [2.75, 3.05) is 26.2 Å². The van der Waals surface area contributed by atoms with Gasteiger partial charge in [-0.25, -0.2) is 0 Å². The van der Waals surface area contributed by atoms with E-state index in [2.05, 4.69) is 64.6 Å². The summed E-state index contributed by atoms with van der Waals surface area (Å²) in [6.07, 6.45) is 1.73. The second-order valence-corrected chi connectivity index (χ2v) is 7.97. The Balaban J connectivity index is 1.86. The van der Waals surface area contributed by atoms with Gasteiger partial charge in [0.05, 0.1) is 18.8 Å². The molecule has 130 valence electrons. The Kier molecular flexibility index (Phi) is 6.10. The van der Waals surface area contributed by atoms with Gasteiger partial charge in [0.1, 0.15) is 5.75 Å². The predicted molar refractivity (Wildman–Crippen MR) is 96.4 cm³/mol. The van der Waals surface area contributed by atoms with E-state index in [-0.39, 0.29) is 5.41 Å². The molecule has 1 aliphatic rings. The summed E-state index contributed by atoms with van der Waals surface area (Å²) in [6, 6.07) is 6.54. The van der Waals surface area contributed by atoms with E-state index in [4.69, 9.17) is 9.47 Å². The Morgan fingerprint density at radius 2 is 1.83 bits per heavy atom. The van der Waals surface area contributed by atoms with Crippen LogP contribution in [0.4, 0.5) is 0 Å². The van der Waals surface area contributed by atoms with Crippen LogP contribution in [0, 0.1) is 6.92 Å². The Bertz CT molecular complexity index is 497. The first-order chi connectivity index (χ1) is 10.8. The molecule has 0 amide bonds. The zero-order chi connectivity index (χ0) is 17.0. The molecular formula is C20H33NO2. The molecule has 0 aliphatic carbocycles. The third-order valence-corrected chi connectivity index (χ3v) is 4.32. The highest BCUT2D eigenvalue weighted by Gasteiger charge is 2.22. The SMILES string of the molecule is Cc1ccc(C(C)(C)C)c(OCCCN2C[C@@H](C)O[C@@H](C)C2)c1. The van der Waals surface area contributed by atoms with Crippen LogP contribution in [0.25, 0.3) is 0 Å². The molecule has 23 heavy (non-hydrogen) atoms. The third kappa shape index (κ3) is 5.50. The van der Waals surface area contributed by atoms with Crippen LogP contribution in [0.15, 0.2) is 18.2 Å². The molecule has 0 bridgehead atoms. The number of rotatable bonds is 5. The van der Waals surface area contributed by atoms with Gasteiger partial charge in [0.25, 0.3) is 0 Å². The summed E-state index contributed by atoms with van der Waals surface area (Å²) in [4.78, 5) is 2.49. The molecule has 1 aromatic carbocycles. The second-order valence-electron chi connectivity index (χ2n) is 7.97. The second kappa shape index (κ2) is 7.67. The van der Waals surface area contributed by atoms with Crippen molar-refractivity contribution in [2.24, 2.45) is 0 Å². The molecule has 0 aromatic heterocycles. The smallest absolute Gasteiger partial charge is 0.123 e. The number of benzene rings is 1. The molecule has 2 rings (SSSR count). The molecule has 0 spiro atoms. The number of aryl methyl sites for hydroxylation is 1. The van der Waals surface area contributed by atoms with E-state index < -0.39 is 0 Å². The summed E-state index contributed by atoms with van der Waals surface area (Å²) in [6.45, 7) is 17.0. The van der Waals surface area contributed by atoms with Crippen LogP contribution >= 0.6 is 0 Å². The van der Waals surface area contributed by atoms with Crippen LogP contribution < -0.4 is 4.74 Å². The molecule has 1 aromatic rings. The molecule has 0 radical (unpaired) electrons. The minimum atomic E-state index is 0.109. The molecule has 3 nitrogen and oxygen atoms in total. The summed E-state index contributed by atoms with van der Waals surface area (Å²) in [5, 5.41) is 0. The fourth-order valence-corrected chi connectivity index (χ4v) is 3.31.